The van der Waals surface area contributed by atoms with E-state index in [0.29, 0.717) is 13.1 Å². The molecule has 1 heterocycles. The quantitative estimate of drug-likeness (QED) is 0.735. The summed E-state index contributed by atoms with van der Waals surface area (Å²) in [5, 5.41) is 0. The van der Waals surface area contributed by atoms with Crippen molar-refractivity contribution in [1.29, 1.82) is 0 Å². The summed E-state index contributed by atoms with van der Waals surface area (Å²) in [6.45, 7) is 10.1. The van der Waals surface area contributed by atoms with Gasteiger partial charge in [-0.1, -0.05) is 12.1 Å². The minimum Gasteiger partial charge on any atom is -0.332 e. The number of carbonyl (C=O) groups excluding carboxylic acids is 2. The van der Waals surface area contributed by atoms with Gasteiger partial charge in [-0.15, -0.1) is 11.3 Å². The molecule has 0 saturated heterocycles. The van der Waals surface area contributed by atoms with E-state index in [9.17, 15) is 14.0 Å². The lowest BCUT2D eigenvalue weighted by Crippen LogP contribution is -2.50. The smallest absolute Gasteiger partial charge is 0.242 e. The molecular formula is C21H27FN2O2S. The first-order valence-electron chi connectivity index (χ1n) is 8.92. The number of carbonyl (C=O) groups is 2. The number of aryl methyl sites for hydroxylation is 1. The summed E-state index contributed by atoms with van der Waals surface area (Å²) in [5.41, 5.74) is 0.408. The van der Waals surface area contributed by atoms with Gasteiger partial charge in [-0.25, -0.2) is 4.39 Å². The molecule has 1 aromatic carbocycles. The molecule has 0 saturated carbocycles. The molecule has 2 amide bonds. The lowest BCUT2D eigenvalue weighted by Gasteiger charge is -2.36. The van der Waals surface area contributed by atoms with Crippen molar-refractivity contribution in [3.63, 3.8) is 0 Å². The monoisotopic (exact) mass is 390 g/mol. The molecule has 0 atom stereocenters. The van der Waals surface area contributed by atoms with Gasteiger partial charge < -0.3 is 9.80 Å². The fraction of sp³-hybridized carbons (Fsp3) is 0.429. The zero-order chi connectivity index (χ0) is 20.2. The van der Waals surface area contributed by atoms with Crippen LogP contribution in [0.5, 0.6) is 0 Å². The molecule has 0 bridgehead atoms. The second-order valence-electron chi connectivity index (χ2n) is 7.66. The van der Waals surface area contributed by atoms with E-state index >= 15 is 0 Å². The highest BCUT2D eigenvalue weighted by atomic mass is 32.1. The van der Waals surface area contributed by atoms with Gasteiger partial charge in [0, 0.05) is 28.8 Å². The van der Waals surface area contributed by atoms with Crippen LogP contribution in [0.15, 0.2) is 36.4 Å². The molecule has 27 heavy (non-hydrogen) atoms. The average Bonchev–Trinajstić information content (AvgIpc) is 2.97. The average molecular weight is 391 g/mol. The van der Waals surface area contributed by atoms with Crippen LogP contribution in [0.4, 0.5) is 4.39 Å². The lowest BCUT2D eigenvalue weighted by atomic mass is 10.1. The summed E-state index contributed by atoms with van der Waals surface area (Å²) in [6, 6.07) is 10.2. The third-order valence-corrected chi connectivity index (χ3v) is 5.25. The number of nitrogens with zero attached hydrogens (tertiary/aromatic N) is 2. The van der Waals surface area contributed by atoms with Crippen molar-refractivity contribution in [2.24, 2.45) is 0 Å². The first-order valence-corrected chi connectivity index (χ1v) is 9.73. The zero-order valence-corrected chi connectivity index (χ0v) is 17.4. The number of hydrogen-bond donors (Lipinski definition) is 0. The molecule has 0 unspecified atom stereocenters. The van der Waals surface area contributed by atoms with E-state index in [1.807, 2.05) is 39.8 Å². The minimum atomic E-state index is -0.442. The van der Waals surface area contributed by atoms with Crippen LogP contribution in [0, 0.1) is 12.7 Å². The normalized spacial score (nSPS) is 11.3. The van der Waals surface area contributed by atoms with Crippen LogP contribution < -0.4 is 0 Å². The van der Waals surface area contributed by atoms with Crippen LogP contribution in [0.1, 0.15) is 43.0 Å². The van der Waals surface area contributed by atoms with Crippen molar-refractivity contribution in [3.05, 3.63) is 57.5 Å². The minimum absolute atomic E-state index is 0.0182. The van der Waals surface area contributed by atoms with Crippen molar-refractivity contribution in [2.75, 3.05) is 6.54 Å². The Bertz CT molecular complexity index is 793. The molecule has 0 aliphatic carbocycles. The van der Waals surface area contributed by atoms with Crippen LogP contribution >= 0.6 is 11.3 Å². The molecular weight excluding hydrogens is 363 g/mol. The number of amides is 2. The number of rotatable bonds is 6. The van der Waals surface area contributed by atoms with Crippen LogP contribution in [0.3, 0.4) is 0 Å². The molecule has 0 fully saturated rings. The molecule has 0 N–H and O–H groups in total. The fourth-order valence-corrected chi connectivity index (χ4v) is 3.76. The predicted molar refractivity (Wildman–Crippen MR) is 107 cm³/mol. The van der Waals surface area contributed by atoms with Gasteiger partial charge in [-0.3, -0.25) is 9.59 Å². The Hall–Kier alpha value is -2.21. The molecule has 2 aromatic rings. The maximum Gasteiger partial charge on any atom is 0.242 e. The second kappa shape index (κ2) is 8.65. The number of hydrogen-bond acceptors (Lipinski definition) is 3. The first kappa shape index (κ1) is 21.1. The van der Waals surface area contributed by atoms with E-state index in [0.717, 1.165) is 10.4 Å². The van der Waals surface area contributed by atoms with Crippen LogP contribution in [0.25, 0.3) is 0 Å². The number of benzene rings is 1. The SMILES string of the molecule is CC(=O)N(CC(=O)N(Cc1ccc(F)cc1)Cc1ccc(C)s1)C(C)(C)C. The number of thiophene rings is 1. The van der Waals surface area contributed by atoms with E-state index < -0.39 is 5.54 Å². The maximum absolute atomic E-state index is 13.2. The molecule has 0 aliphatic heterocycles. The van der Waals surface area contributed by atoms with Crippen molar-refractivity contribution in [2.45, 2.75) is 53.2 Å². The summed E-state index contributed by atoms with van der Waals surface area (Å²) < 4.78 is 13.2. The van der Waals surface area contributed by atoms with E-state index in [4.69, 9.17) is 0 Å². The standard InChI is InChI=1S/C21H27FN2O2S/c1-15-6-11-19(27-15)13-23(12-17-7-9-18(22)10-8-17)20(26)14-24(16(2)25)21(3,4)5/h6-11H,12-14H2,1-5H3. The third-order valence-electron chi connectivity index (χ3n) is 4.27. The summed E-state index contributed by atoms with van der Waals surface area (Å²) >= 11 is 1.64. The largest absolute Gasteiger partial charge is 0.332 e. The highest BCUT2D eigenvalue weighted by Crippen LogP contribution is 2.20. The first-order chi connectivity index (χ1) is 12.6. The van der Waals surface area contributed by atoms with Crippen molar-refractivity contribution in [1.82, 2.24) is 9.80 Å². The summed E-state index contributed by atoms with van der Waals surface area (Å²) in [5.74, 6) is -0.568. The topological polar surface area (TPSA) is 40.6 Å². The van der Waals surface area contributed by atoms with Crippen molar-refractivity contribution >= 4 is 23.2 Å². The highest BCUT2D eigenvalue weighted by molar-refractivity contribution is 7.11. The van der Waals surface area contributed by atoms with E-state index in [2.05, 4.69) is 0 Å². The van der Waals surface area contributed by atoms with Gasteiger partial charge in [-0.05, 0) is 57.5 Å². The van der Waals surface area contributed by atoms with Gasteiger partial charge in [0.2, 0.25) is 11.8 Å². The zero-order valence-electron chi connectivity index (χ0n) is 16.6. The molecule has 4 nitrogen and oxygen atoms in total. The van der Waals surface area contributed by atoms with Crippen LogP contribution in [0.2, 0.25) is 0 Å². The molecule has 146 valence electrons. The molecule has 0 aliphatic rings. The Balaban J connectivity index is 2.22. The highest BCUT2D eigenvalue weighted by Gasteiger charge is 2.28. The van der Waals surface area contributed by atoms with E-state index in [1.165, 1.54) is 23.9 Å². The molecule has 6 heteroatoms. The molecule has 2 rings (SSSR count). The van der Waals surface area contributed by atoms with Gasteiger partial charge in [0.25, 0.3) is 0 Å². The summed E-state index contributed by atoms with van der Waals surface area (Å²) in [7, 11) is 0. The van der Waals surface area contributed by atoms with Crippen LogP contribution in [-0.2, 0) is 22.7 Å². The Morgan fingerprint density at radius 2 is 1.67 bits per heavy atom. The van der Waals surface area contributed by atoms with Crippen molar-refractivity contribution in [3.8, 4) is 0 Å². The van der Waals surface area contributed by atoms with Gasteiger partial charge in [0.05, 0.1) is 6.54 Å². The summed E-state index contributed by atoms with van der Waals surface area (Å²) in [4.78, 5) is 30.6. The fourth-order valence-electron chi connectivity index (χ4n) is 2.86. The number of halogens is 1. The van der Waals surface area contributed by atoms with Gasteiger partial charge >= 0.3 is 0 Å². The lowest BCUT2D eigenvalue weighted by molar-refractivity contribution is -0.144. The van der Waals surface area contributed by atoms with Gasteiger partial charge in [-0.2, -0.15) is 0 Å². The van der Waals surface area contributed by atoms with Crippen molar-refractivity contribution < 1.29 is 14.0 Å². The summed E-state index contributed by atoms with van der Waals surface area (Å²) in [6.07, 6.45) is 0. The van der Waals surface area contributed by atoms with E-state index in [1.54, 1.807) is 33.3 Å². The van der Waals surface area contributed by atoms with Gasteiger partial charge in [0.15, 0.2) is 0 Å². The Morgan fingerprint density at radius 3 is 2.15 bits per heavy atom. The Kier molecular flexibility index (Phi) is 6.76. The molecule has 0 radical (unpaired) electrons. The molecule has 0 spiro atoms. The maximum atomic E-state index is 13.2. The second-order valence-corrected chi connectivity index (χ2v) is 9.04. The van der Waals surface area contributed by atoms with E-state index in [-0.39, 0.29) is 24.2 Å². The predicted octanol–water partition coefficient (Wildman–Crippen LogP) is 4.37. The van der Waals surface area contributed by atoms with Gasteiger partial charge in [0.1, 0.15) is 12.4 Å². The molecule has 1 aromatic heterocycles. The third kappa shape index (κ3) is 6.17. The Morgan fingerprint density at radius 1 is 1.04 bits per heavy atom. The van der Waals surface area contributed by atoms with Crippen LogP contribution in [-0.4, -0.2) is 33.7 Å². The Labute approximate surface area is 164 Å².